The summed E-state index contributed by atoms with van der Waals surface area (Å²) in [5.41, 5.74) is 5.04. The van der Waals surface area contributed by atoms with Gasteiger partial charge in [0.2, 0.25) is 0 Å². The van der Waals surface area contributed by atoms with E-state index >= 15 is 0 Å². The van der Waals surface area contributed by atoms with Gasteiger partial charge < -0.3 is 13.7 Å². The number of thioether (sulfide) groups is 1. The van der Waals surface area contributed by atoms with E-state index in [0.717, 1.165) is 28.6 Å². The van der Waals surface area contributed by atoms with Crippen molar-refractivity contribution in [2.45, 2.75) is 30.9 Å². The summed E-state index contributed by atoms with van der Waals surface area (Å²) in [4.78, 5) is 19.8. The molecule has 0 atom stereocenters. The molecule has 3 aromatic carbocycles. The molecule has 0 N–H and O–H groups in total. The molecule has 2 aromatic heterocycles. The van der Waals surface area contributed by atoms with E-state index in [2.05, 4.69) is 17.1 Å². The van der Waals surface area contributed by atoms with Crippen molar-refractivity contribution in [1.29, 1.82) is 0 Å². The number of hydrogen-bond donors (Lipinski definition) is 0. The summed E-state index contributed by atoms with van der Waals surface area (Å²) < 4.78 is 11.8. The van der Waals surface area contributed by atoms with Gasteiger partial charge in [0.1, 0.15) is 11.3 Å². The fourth-order valence-corrected chi connectivity index (χ4v) is 4.63. The van der Waals surface area contributed by atoms with E-state index in [1.54, 1.807) is 6.07 Å². The number of fused-ring (bicyclic) bond motifs is 1. The van der Waals surface area contributed by atoms with Crippen LogP contribution in [-0.2, 0) is 18.7 Å². The number of carbonyl (C=O) groups is 1. The third-order valence-electron chi connectivity index (χ3n) is 5.75. The first-order chi connectivity index (χ1) is 17.1. The van der Waals surface area contributed by atoms with Crippen molar-refractivity contribution >= 4 is 28.8 Å². The van der Waals surface area contributed by atoms with Crippen LogP contribution in [0, 0.1) is 6.92 Å². The molecule has 0 bridgehead atoms. The minimum atomic E-state index is -0.113. The van der Waals surface area contributed by atoms with E-state index in [-0.39, 0.29) is 5.91 Å². The number of aryl methyl sites for hydroxylation is 1. The summed E-state index contributed by atoms with van der Waals surface area (Å²) in [6.07, 6.45) is 0.778. The Kier molecular flexibility index (Phi) is 7.00. The second-order valence-corrected chi connectivity index (χ2v) is 9.38. The predicted molar refractivity (Wildman–Crippen MR) is 138 cm³/mol. The summed E-state index contributed by atoms with van der Waals surface area (Å²) in [6.45, 7) is 3.16. The third kappa shape index (κ3) is 5.84. The summed E-state index contributed by atoms with van der Waals surface area (Å²) in [5.74, 6) is 1.47. The normalized spacial score (nSPS) is 11.1. The van der Waals surface area contributed by atoms with Crippen LogP contribution >= 0.6 is 11.8 Å². The van der Waals surface area contributed by atoms with Crippen molar-refractivity contribution < 1.29 is 13.6 Å². The molecular weight excluding hydrogens is 456 g/mol. The highest BCUT2D eigenvalue weighted by Gasteiger charge is 2.20. The van der Waals surface area contributed by atoms with Gasteiger partial charge in [-0.3, -0.25) is 4.79 Å². The van der Waals surface area contributed by atoms with Crippen molar-refractivity contribution in [3.63, 3.8) is 0 Å². The number of oxazole rings is 1. The van der Waals surface area contributed by atoms with Crippen LogP contribution in [0.15, 0.2) is 105 Å². The van der Waals surface area contributed by atoms with Crippen LogP contribution in [0.3, 0.4) is 0 Å². The average molecular weight is 483 g/mol. The van der Waals surface area contributed by atoms with Crippen LogP contribution in [0.2, 0.25) is 0 Å². The third-order valence-corrected chi connectivity index (χ3v) is 6.60. The lowest BCUT2D eigenvalue weighted by Crippen LogP contribution is -2.32. The Balaban J connectivity index is 1.27. The zero-order valence-electron chi connectivity index (χ0n) is 19.5. The van der Waals surface area contributed by atoms with Gasteiger partial charge >= 0.3 is 0 Å². The van der Waals surface area contributed by atoms with Crippen LogP contribution < -0.4 is 0 Å². The molecule has 176 valence electrons. The SMILES string of the molecule is Cc1ccc2oc(SCc3ccc(C(=O)N(CCc4ccccc4)Cc4ccccc4)o3)nc2c1. The Labute approximate surface area is 208 Å². The number of amides is 1. The quantitative estimate of drug-likeness (QED) is 0.214. The highest BCUT2D eigenvalue weighted by molar-refractivity contribution is 7.98. The molecule has 0 spiro atoms. The lowest BCUT2D eigenvalue weighted by Gasteiger charge is -2.22. The second-order valence-electron chi connectivity index (χ2n) is 8.45. The van der Waals surface area contributed by atoms with Crippen LogP contribution in [0.1, 0.15) is 33.0 Å². The number of aromatic nitrogens is 1. The highest BCUT2D eigenvalue weighted by Crippen LogP contribution is 2.27. The summed E-state index contributed by atoms with van der Waals surface area (Å²) in [5, 5.41) is 0.587. The lowest BCUT2D eigenvalue weighted by atomic mass is 10.1. The Morgan fingerprint density at radius 2 is 1.63 bits per heavy atom. The molecule has 0 aliphatic heterocycles. The Bertz CT molecular complexity index is 1410. The Morgan fingerprint density at radius 3 is 2.40 bits per heavy atom. The van der Waals surface area contributed by atoms with Crippen LogP contribution in [-0.4, -0.2) is 22.3 Å². The van der Waals surface area contributed by atoms with Crippen LogP contribution in [0.25, 0.3) is 11.1 Å². The molecule has 0 aliphatic carbocycles. The molecule has 35 heavy (non-hydrogen) atoms. The molecular formula is C29H26N2O3S. The molecule has 5 rings (SSSR count). The fourth-order valence-electron chi connectivity index (χ4n) is 3.90. The molecule has 0 fully saturated rings. The van der Waals surface area contributed by atoms with Gasteiger partial charge in [-0.1, -0.05) is 78.5 Å². The first kappa shape index (κ1) is 23.0. The molecule has 2 heterocycles. The zero-order valence-corrected chi connectivity index (χ0v) is 20.3. The molecule has 5 nitrogen and oxygen atoms in total. The molecule has 0 saturated heterocycles. The second kappa shape index (κ2) is 10.7. The lowest BCUT2D eigenvalue weighted by molar-refractivity contribution is 0.0711. The molecule has 0 unspecified atom stereocenters. The van der Waals surface area contributed by atoms with E-state index < -0.39 is 0 Å². The molecule has 1 amide bonds. The van der Waals surface area contributed by atoms with E-state index in [1.807, 2.05) is 84.6 Å². The van der Waals surface area contributed by atoms with Gasteiger partial charge in [0.15, 0.2) is 11.3 Å². The minimum absolute atomic E-state index is 0.113. The number of carbonyl (C=O) groups excluding carboxylic acids is 1. The Hall–Kier alpha value is -3.77. The number of rotatable bonds is 9. The number of hydrogen-bond acceptors (Lipinski definition) is 5. The molecule has 0 radical (unpaired) electrons. The molecule has 0 aliphatic rings. The van der Waals surface area contributed by atoms with Crippen molar-refractivity contribution in [1.82, 2.24) is 9.88 Å². The van der Waals surface area contributed by atoms with Crippen molar-refractivity contribution in [3.05, 3.63) is 119 Å². The predicted octanol–water partition coefficient (Wildman–Crippen LogP) is 6.91. The highest BCUT2D eigenvalue weighted by atomic mass is 32.2. The summed E-state index contributed by atoms with van der Waals surface area (Å²) >= 11 is 1.45. The average Bonchev–Trinajstić information content (AvgIpc) is 3.52. The van der Waals surface area contributed by atoms with E-state index in [0.29, 0.717) is 35.6 Å². The van der Waals surface area contributed by atoms with E-state index in [4.69, 9.17) is 8.83 Å². The van der Waals surface area contributed by atoms with E-state index in [9.17, 15) is 4.79 Å². The van der Waals surface area contributed by atoms with Gasteiger partial charge in [0, 0.05) is 13.1 Å². The molecule has 5 aromatic rings. The van der Waals surface area contributed by atoms with Gasteiger partial charge in [-0.05, 0) is 54.3 Å². The number of nitrogens with zero attached hydrogens (tertiary/aromatic N) is 2. The van der Waals surface area contributed by atoms with Crippen LogP contribution in [0.5, 0.6) is 0 Å². The van der Waals surface area contributed by atoms with Crippen molar-refractivity contribution in [2.75, 3.05) is 6.54 Å². The summed E-state index contributed by atoms with van der Waals surface area (Å²) in [7, 11) is 0. The topological polar surface area (TPSA) is 59.5 Å². The zero-order chi connectivity index (χ0) is 24.0. The van der Waals surface area contributed by atoms with Crippen molar-refractivity contribution in [3.8, 4) is 0 Å². The van der Waals surface area contributed by atoms with Gasteiger partial charge in [-0.25, -0.2) is 4.98 Å². The van der Waals surface area contributed by atoms with Gasteiger partial charge in [0.05, 0.1) is 5.75 Å². The monoisotopic (exact) mass is 482 g/mol. The summed E-state index contributed by atoms with van der Waals surface area (Å²) in [6, 6.07) is 29.8. The first-order valence-electron chi connectivity index (χ1n) is 11.6. The fraction of sp³-hybridized carbons (Fsp3) is 0.172. The Morgan fingerprint density at radius 1 is 0.886 bits per heavy atom. The first-order valence-corrected chi connectivity index (χ1v) is 12.6. The van der Waals surface area contributed by atoms with Gasteiger partial charge in [0.25, 0.3) is 11.1 Å². The maximum atomic E-state index is 13.4. The largest absolute Gasteiger partial charge is 0.455 e. The minimum Gasteiger partial charge on any atom is -0.455 e. The number of furan rings is 1. The molecule has 6 heteroatoms. The standard InChI is InChI=1S/C29H26N2O3S/c1-21-12-14-26-25(18-21)30-29(34-26)35-20-24-13-15-27(33-24)28(32)31(19-23-10-6-3-7-11-23)17-16-22-8-4-2-5-9-22/h2-15,18H,16-17,19-20H2,1H3. The number of benzene rings is 3. The smallest absolute Gasteiger partial charge is 0.289 e. The molecule has 0 saturated carbocycles. The van der Waals surface area contributed by atoms with Gasteiger partial charge in [-0.2, -0.15) is 0 Å². The van der Waals surface area contributed by atoms with Crippen LogP contribution in [0.4, 0.5) is 0 Å². The van der Waals surface area contributed by atoms with Gasteiger partial charge in [-0.15, -0.1) is 0 Å². The van der Waals surface area contributed by atoms with E-state index in [1.165, 1.54) is 17.3 Å². The maximum absolute atomic E-state index is 13.4. The van der Waals surface area contributed by atoms with Crippen molar-refractivity contribution in [2.24, 2.45) is 0 Å². The maximum Gasteiger partial charge on any atom is 0.289 e.